The minimum atomic E-state index is -0.386. The fraction of sp³-hybridized carbons (Fsp3) is 0.538. The SMILES string of the molecule is CN(C)C1CCc2ccc(Cl)cc2C(O)C1. The van der Waals surface area contributed by atoms with Gasteiger partial charge in [-0.15, -0.1) is 0 Å². The fourth-order valence-electron chi connectivity index (χ4n) is 2.40. The van der Waals surface area contributed by atoms with Gasteiger partial charge < -0.3 is 10.0 Å². The molecule has 0 saturated carbocycles. The highest BCUT2D eigenvalue weighted by Crippen LogP contribution is 2.31. The molecule has 0 aliphatic heterocycles. The molecule has 0 fully saturated rings. The minimum absolute atomic E-state index is 0.386. The molecule has 1 aromatic carbocycles. The van der Waals surface area contributed by atoms with E-state index in [0.29, 0.717) is 11.1 Å². The highest BCUT2D eigenvalue weighted by molar-refractivity contribution is 6.30. The third kappa shape index (κ3) is 2.40. The van der Waals surface area contributed by atoms with Crippen LogP contribution in [0.1, 0.15) is 30.1 Å². The number of aryl methyl sites for hydroxylation is 1. The van der Waals surface area contributed by atoms with E-state index < -0.39 is 0 Å². The quantitative estimate of drug-likeness (QED) is 0.762. The second-order valence-electron chi connectivity index (χ2n) is 4.75. The van der Waals surface area contributed by atoms with Crippen molar-refractivity contribution in [3.8, 4) is 0 Å². The standard InChI is InChI=1S/C13H18ClNO/c1-15(2)11-6-4-9-3-5-10(14)7-12(9)13(16)8-11/h3,5,7,11,13,16H,4,6,8H2,1-2H3. The van der Waals surface area contributed by atoms with Crippen molar-refractivity contribution in [3.05, 3.63) is 34.3 Å². The molecule has 0 aromatic heterocycles. The van der Waals surface area contributed by atoms with E-state index in [-0.39, 0.29) is 6.10 Å². The molecule has 88 valence electrons. The number of fused-ring (bicyclic) bond motifs is 1. The zero-order valence-electron chi connectivity index (χ0n) is 9.78. The van der Waals surface area contributed by atoms with Gasteiger partial charge in [-0.2, -0.15) is 0 Å². The van der Waals surface area contributed by atoms with Gasteiger partial charge in [-0.3, -0.25) is 0 Å². The van der Waals surface area contributed by atoms with Gasteiger partial charge in [0.05, 0.1) is 6.10 Å². The smallest absolute Gasteiger partial charge is 0.0808 e. The Bertz CT molecular complexity index is 378. The van der Waals surface area contributed by atoms with Crippen molar-refractivity contribution < 1.29 is 5.11 Å². The molecule has 1 aliphatic carbocycles. The van der Waals surface area contributed by atoms with Gasteiger partial charge in [0.1, 0.15) is 0 Å². The molecular formula is C13H18ClNO. The number of aliphatic hydroxyl groups excluding tert-OH is 1. The molecule has 2 unspecified atom stereocenters. The summed E-state index contributed by atoms with van der Waals surface area (Å²) in [5.41, 5.74) is 2.25. The van der Waals surface area contributed by atoms with Crippen LogP contribution in [-0.4, -0.2) is 30.1 Å². The maximum atomic E-state index is 10.2. The summed E-state index contributed by atoms with van der Waals surface area (Å²) >= 11 is 5.97. The summed E-state index contributed by atoms with van der Waals surface area (Å²) in [5, 5.41) is 10.9. The van der Waals surface area contributed by atoms with Gasteiger partial charge >= 0.3 is 0 Å². The zero-order valence-corrected chi connectivity index (χ0v) is 10.5. The Morgan fingerprint density at radius 3 is 2.81 bits per heavy atom. The van der Waals surface area contributed by atoms with Crippen LogP contribution in [-0.2, 0) is 6.42 Å². The molecular weight excluding hydrogens is 222 g/mol. The fourth-order valence-corrected chi connectivity index (χ4v) is 2.58. The van der Waals surface area contributed by atoms with Gasteiger partial charge in [0, 0.05) is 11.1 Å². The Hall–Kier alpha value is -0.570. The average Bonchev–Trinajstić information content (AvgIpc) is 2.39. The highest BCUT2D eigenvalue weighted by atomic mass is 35.5. The van der Waals surface area contributed by atoms with E-state index in [2.05, 4.69) is 19.0 Å². The van der Waals surface area contributed by atoms with Crippen molar-refractivity contribution >= 4 is 11.6 Å². The summed E-state index contributed by atoms with van der Waals surface area (Å²) < 4.78 is 0. The second kappa shape index (κ2) is 4.74. The van der Waals surface area contributed by atoms with Gasteiger partial charge in [0.25, 0.3) is 0 Å². The molecule has 1 aliphatic rings. The van der Waals surface area contributed by atoms with Crippen LogP contribution in [0.4, 0.5) is 0 Å². The van der Waals surface area contributed by atoms with Crippen LogP contribution in [0.2, 0.25) is 5.02 Å². The number of halogens is 1. The van der Waals surface area contributed by atoms with Crippen LogP contribution in [0.3, 0.4) is 0 Å². The summed E-state index contributed by atoms with van der Waals surface area (Å²) in [6, 6.07) is 6.29. The third-order valence-electron chi connectivity index (χ3n) is 3.44. The van der Waals surface area contributed by atoms with E-state index >= 15 is 0 Å². The van der Waals surface area contributed by atoms with Crippen LogP contribution in [0.15, 0.2) is 18.2 Å². The molecule has 0 heterocycles. The molecule has 0 bridgehead atoms. The number of nitrogens with zero attached hydrogens (tertiary/aromatic N) is 1. The lowest BCUT2D eigenvalue weighted by molar-refractivity contribution is 0.126. The summed E-state index contributed by atoms with van der Waals surface area (Å²) in [5.74, 6) is 0. The first-order chi connectivity index (χ1) is 7.58. The number of hydrogen-bond acceptors (Lipinski definition) is 2. The van der Waals surface area contributed by atoms with Gasteiger partial charge in [-0.1, -0.05) is 17.7 Å². The minimum Gasteiger partial charge on any atom is -0.388 e. The van der Waals surface area contributed by atoms with Gasteiger partial charge in [-0.25, -0.2) is 0 Å². The van der Waals surface area contributed by atoms with Crippen molar-refractivity contribution in [1.82, 2.24) is 4.90 Å². The molecule has 0 amide bonds. The monoisotopic (exact) mass is 239 g/mol. The molecule has 0 radical (unpaired) electrons. The summed E-state index contributed by atoms with van der Waals surface area (Å²) in [6.07, 6.45) is 2.52. The topological polar surface area (TPSA) is 23.5 Å². The molecule has 2 nitrogen and oxygen atoms in total. The van der Waals surface area contributed by atoms with Crippen molar-refractivity contribution in [3.63, 3.8) is 0 Å². The highest BCUT2D eigenvalue weighted by Gasteiger charge is 2.24. The van der Waals surface area contributed by atoms with Gasteiger partial charge in [0.2, 0.25) is 0 Å². The van der Waals surface area contributed by atoms with E-state index in [9.17, 15) is 5.11 Å². The first kappa shape index (κ1) is 11.9. The molecule has 3 heteroatoms. The van der Waals surface area contributed by atoms with Crippen LogP contribution in [0, 0.1) is 0 Å². The third-order valence-corrected chi connectivity index (χ3v) is 3.67. The molecule has 2 rings (SSSR count). The van der Waals surface area contributed by atoms with E-state index in [1.807, 2.05) is 18.2 Å². The van der Waals surface area contributed by atoms with Crippen LogP contribution >= 0.6 is 11.6 Å². The largest absolute Gasteiger partial charge is 0.388 e. The van der Waals surface area contributed by atoms with E-state index in [1.165, 1.54) is 5.56 Å². The molecule has 2 atom stereocenters. The Balaban J connectivity index is 2.28. The Morgan fingerprint density at radius 2 is 2.12 bits per heavy atom. The lowest BCUT2D eigenvalue weighted by Crippen LogP contribution is -2.28. The van der Waals surface area contributed by atoms with Crippen molar-refractivity contribution in [2.24, 2.45) is 0 Å². The first-order valence-corrected chi connectivity index (χ1v) is 6.08. The average molecular weight is 240 g/mol. The number of rotatable bonds is 1. The van der Waals surface area contributed by atoms with E-state index in [0.717, 1.165) is 24.8 Å². The van der Waals surface area contributed by atoms with Crippen LogP contribution < -0.4 is 0 Å². The lowest BCUT2D eigenvalue weighted by Gasteiger charge is -2.23. The molecule has 1 N–H and O–H groups in total. The molecule has 0 spiro atoms. The predicted molar refractivity (Wildman–Crippen MR) is 66.8 cm³/mol. The van der Waals surface area contributed by atoms with E-state index in [1.54, 1.807) is 0 Å². The number of hydrogen-bond donors (Lipinski definition) is 1. The lowest BCUT2D eigenvalue weighted by atomic mass is 10.0. The van der Waals surface area contributed by atoms with Crippen LogP contribution in [0.5, 0.6) is 0 Å². The summed E-state index contributed by atoms with van der Waals surface area (Å²) in [7, 11) is 4.14. The molecule has 16 heavy (non-hydrogen) atoms. The Kier molecular flexibility index (Phi) is 3.53. The number of aliphatic hydroxyl groups is 1. The number of benzene rings is 1. The summed E-state index contributed by atoms with van der Waals surface area (Å²) in [6.45, 7) is 0. The predicted octanol–water partition coefficient (Wildman–Crippen LogP) is 2.64. The first-order valence-electron chi connectivity index (χ1n) is 5.70. The Morgan fingerprint density at radius 1 is 1.38 bits per heavy atom. The zero-order chi connectivity index (χ0) is 11.7. The normalized spacial score (nSPS) is 25.3. The van der Waals surface area contributed by atoms with Crippen molar-refractivity contribution in [2.45, 2.75) is 31.4 Å². The van der Waals surface area contributed by atoms with Crippen molar-refractivity contribution in [2.75, 3.05) is 14.1 Å². The molecule has 0 saturated heterocycles. The maximum Gasteiger partial charge on any atom is 0.0808 e. The van der Waals surface area contributed by atoms with Crippen LogP contribution in [0.25, 0.3) is 0 Å². The van der Waals surface area contributed by atoms with Gasteiger partial charge in [0.15, 0.2) is 0 Å². The second-order valence-corrected chi connectivity index (χ2v) is 5.19. The van der Waals surface area contributed by atoms with Crippen molar-refractivity contribution in [1.29, 1.82) is 0 Å². The molecule has 1 aromatic rings. The van der Waals surface area contributed by atoms with Gasteiger partial charge in [-0.05, 0) is 56.6 Å². The maximum absolute atomic E-state index is 10.2. The van der Waals surface area contributed by atoms with E-state index in [4.69, 9.17) is 11.6 Å². The summed E-state index contributed by atoms with van der Waals surface area (Å²) in [4.78, 5) is 2.19. The Labute approximate surface area is 102 Å².